The third-order valence-electron chi connectivity index (χ3n) is 6.40. The highest BCUT2D eigenvalue weighted by atomic mass is 35.5. The fourth-order valence-corrected chi connectivity index (χ4v) is 5.18. The van der Waals surface area contributed by atoms with Crippen molar-refractivity contribution in [3.05, 3.63) is 34.2 Å². The van der Waals surface area contributed by atoms with Gasteiger partial charge in [-0.3, -0.25) is 14.5 Å². The number of nitrogens with zero attached hydrogens (tertiary/aromatic N) is 2. The zero-order valence-corrected chi connectivity index (χ0v) is 17.2. The van der Waals surface area contributed by atoms with Gasteiger partial charge in [-0.15, -0.1) is 0 Å². The second-order valence-corrected chi connectivity index (χ2v) is 8.25. The van der Waals surface area contributed by atoms with Gasteiger partial charge in [-0.05, 0) is 14.0 Å². The van der Waals surface area contributed by atoms with E-state index in [2.05, 4.69) is 16.8 Å². The van der Waals surface area contributed by atoms with E-state index in [1.807, 2.05) is 11.9 Å². The van der Waals surface area contributed by atoms with Crippen LogP contribution in [0.15, 0.2) is 34.2 Å². The minimum Gasteiger partial charge on any atom is -0.449 e. The Bertz CT molecular complexity index is 912. The highest BCUT2D eigenvalue weighted by Crippen LogP contribution is 2.59. The molecule has 10 heteroatoms. The smallest absolute Gasteiger partial charge is 0.404 e. The molecular weight excluding hydrogens is 400 g/mol. The lowest BCUT2D eigenvalue weighted by molar-refractivity contribution is -0.144. The third kappa shape index (κ3) is 2.57. The molecule has 0 aromatic rings. The highest BCUT2D eigenvalue weighted by molar-refractivity contribution is 6.29. The number of ketones is 2. The number of ether oxygens (including phenoxy) is 2. The molecule has 156 valence electrons. The minimum atomic E-state index is -0.976. The van der Waals surface area contributed by atoms with Gasteiger partial charge in [0.1, 0.15) is 6.61 Å². The van der Waals surface area contributed by atoms with E-state index in [0.29, 0.717) is 22.8 Å². The van der Waals surface area contributed by atoms with Crippen LogP contribution in [0.4, 0.5) is 4.79 Å². The monoisotopic (exact) mass is 422 g/mol. The molecule has 0 bridgehead atoms. The SMILES string of the molecule is C=C(Cl)CNC1=C(C)C(=O)C2=C(C1=O)C(COC(N)=O)C1(OC)C3C(CN21)N3C. The zero-order chi connectivity index (χ0) is 21.2. The summed E-state index contributed by atoms with van der Waals surface area (Å²) in [6.45, 7) is 5.74. The molecule has 0 aromatic heterocycles. The quantitative estimate of drug-likeness (QED) is 0.456. The molecule has 29 heavy (non-hydrogen) atoms. The standard InChI is InChI=1S/C19H23ClN4O5/c1-8(20)5-22-13-9(2)15(25)14-12(16(13)26)10(7-29-18(21)27)19(28-4)17-11(23(17)3)6-24(14)19/h10-11,17,22H,1,5-7H2,2-4H3,(H2,21,27). The molecule has 0 spiro atoms. The molecule has 4 aliphatic rings. The lowest BCUT2D eigenvalue weighted by Crippen LogP contribution is -2.55. The van der Waals surface area contributed by atoms with Gasteiger partial charge in [-0.2, -0.15) is 0 Å². The molecular formula is C19H23ClN4O5. The average molecular weight is 423 g/mol. The van der Waals surface area contributed by atoms with E-state index in [1.54, 1.807) is 14.0 Å². The Morgan fingerprint density at radius 2 is 2.10 bits per heavy atom. The molecule has 1 amide bonds. The Kier molecular flexibility index (Phi) is 4.52. The summed E-state index contributed by atoms with van der Waals surface area (Å²) < 4.78 is 11.1. The van der Waals surface area contributed by atoms with Crippen LogP contribution in [0.3, 0.4) is 0 Å². The van der Waals surface area contributed by atoms with Crippen LogP contribution in [0.1, 0.15) is 6.92 Å². The number of hydrogen-bond acceptors (Lipinski definition) is 8. The number of hydrogen-bond donors (Lipinski definition) is 2. The summed E-state index contributed by atoms with van der Waals surface area (Å²) >= 11 is 5.82. The summed E-state index contributed by atoms with van der Waals surface area (Å²) in [6.07, 6.45) is -0.950. The number of nitrogens with two attached hydrogens (primary N) is 1. The number of halogens is 1. The second kappa shape index (κ2) is 6.58. The van der Waals surface area contributed by atoms with Gasteiger partial charge in [0.15, 0.2) is 5.72 Å². The number of likely N-dealkylation sites (N-methyl/N-ethyl adjacent to an activating group) is 1. The number of Topliss-reactive ketones (excluding diaryl/α,β-unsaturated/α-hetero) is 2. The fraction of sp³-hybridized carbons (Fsp3) is 0.526. The topological polar surface area (TPSA) is 114 Å². The zero-order valence-electron chi connectivity index (χ0n) is 16.5. The molecule has 9 nitrogen and oxygen atoms in total. The first kappa shape index (κ1) is 19.9. The lowest BCUT2D eigenvalue weighted by atomic mass is 9.82. The number of rotatable bonds is 6. The summed E-state index contributed by atoms with van der Waals surface area (Å²) in [5, 5.41) is 3.22. The van der Waals surface area contributed by atoms with Crippen LogP contribution in [0.5, 0.6) is 0 Å². The van der Waals surface area contributed by atoms with Crippen molar-refractivity contribution in [2.45, 2.75) is 24.7 Å². The van der Waals surface area contributed by atoms with E-state index in [4.69, 9.17) is 26.8 Å². The van der Waals surface area contributed by atoms with Crippen molar-refractivity contribution in [2.24, 2.45) is 11.7 Å². The predicted octanol–water partition coefficient (Wildman–Crippen LogP) is 0.0744. The molecule has 5 atom stereocenters. The van der Waals surface area contributed by atoms with Gasteiger partial charge < -0.3 is 25.4 Å². The van der Waals surface area contributed by atoms with Crippen molar-refractivity contribution in [1.82, 2.24) is 15.1 Å². The number of amides is 1. The maximum absolute atomic E-state index is 13.5. The van der Waals surface area contributed by atoms with Crippen molar-refractivity contribution in [1.29, 1.82) is 0 Å². The van der Waals surface area contributed by atoms with Gasteiger partial charge in [0.05, 0.1) is 29.9 Å². The number of allylic oxidation sites excluding steroid dienone is 2. The summed E-state index contributed by atoms with van der Waals surface area (Å²) in [6, 6.07) is 0.172. The summed E-state index contributed by atoms with van der Waals surface area (Å²) in [7, 11) is 3.51. The Hall–Kier alpha value is -2.36. The van der Waals surface area contributed by atoms with E-state index >= 15 is 0 Å². The number of carbonyl (C=O) groups excluding carboxylic acids is 3. The number of carbonyl (C=O) groups is 3. The van der Waals surface area contributed by atoms with Crippen LogP contribution in [-0.4, -0.2) is 79.1 Å². The Balaban J connectivity index is 1.79. The van der Waals surface area contributed by atoms with Crippen LogP contribution >= 0.6 is 11.6 Å². The Morgan fingerprint density at radius 3 is 2.69 bits per heavy atom. The van der Waals surface area contributed by atoms with E-state index in [-0.39, 0.29) is 48.1 Å². The largest absolute Gasteiger partial charge is 0.449 e. The van der Waals surface area contributed by atoms with E-state index in [1.165, 1.54) is 0 Å². The van der Waals surface area contributed by atoms with Gasteiger partial charge in [-0.25, -0.2) is 4.79 Å². The number of piperazine rings is 1. The molecule has 1 aliphatic carbocycles. The molecule has 3 N–H and O–H groups in total. The first-order valence-corrected chi connectivity index (χ1v) is 9.63. The minimum absolute atomic E-state index is 0.0282. The maximum Gasteiger partial charge on any atom is 0.404 e. The van der Waals surface area contributed by atoms with Crippen LogP contribution in [0.2, 0.25) is 0 Å². The number of fused-ring (bicyclic) bond motifs is 4. The van der Waals surface area contributed by atoms with Gasteiger partial charge in [-0.1, -0.05) is 18.2 Å². The van der Waals surface area contributed by atoms with Crippen molar-refractivity contribution >= 4 is 29.3 Å². The first-order chi connectivity index (χ1) is 13.7. The van der Waals surface area contributed by atoms with E-state index < -0.39 is 17.7 Å². The Morgan fingerprint density at radius 1 is 1.41 bits per heavy atom. The summed E-state index contributed by atoms with van der Waals surface area (Å²) in [5.41, 5.74) is 5.30. The number of methoxy groups -OCH3 is 1. The van der Waals surface area contributed by atoms with Crippen LogP contribution in [0.25, 0.3) is 0 Å². The molecule has 0 saturated carbocycles. The normalized spacial score (nSPS) is 34.8. The number of primary amides is 1. The third-order valence-corrected chi connectivity index (χ3v) is 6.54. The first-order valence-electron chi connectivity index (χ1n) is 9.25. The van der Waals surface area contributed by atoms with Crippen molar-refractivity contribution in [3.8, 4) is 0 Å². The summed E-state index contributed by atoms with van der Waals surface area (Å²) in [4.78, 5) is 42.1. The second-order valence-electron chi connectivity index (χ2n) is 7.72. The van der Waals surface area contributed by atoms with Crippen LogP contribution < -0.4 is 11.1 Å². The molecule has 2 saturated heterocycles. The predicted molar refractivity (Wildman–Crippen MR) is 104 cm³/mol. The number of nitrogens with one attached hydrogen (secondary N) is 1. The Labute approximate surface area is 173 Å². The lowest BCUT2D eigenvalue weighted by Gasteiger charge is -2.40. The van der Waals surface area contributed by atoms with Crippen molar-refractivity contribution in [3.63, 3.8) is 0 Å². The molecule has 5 unspecified atom stereocenters. The van der Waals surface area contributed by atoms with Crippen molar-refractivity contribution < 1.29 is 23.9 Å². The average Bonchev–Trinajstić information content (AvgIpc) is 3.04. The van der Waals surface area contributed by atoms with Crippen molar-refractivity contribution in [2.75, 3.05) is 33.9 Å². The molecule has 3 heterocycles. The molecule has 2 fully saturated rings. The fourth-order valence-electron chi connectivity index (χ4n) is 5.11. The van der Waals surface area contributed by atoms with Crippen LogP contribution in [0, 0.1) is 5.92 Å². The summed E-state index contributed by atoms with van der Waals surface area (Å²) in [5.74, 6) is -1.25. The van der Waals surface area contributed by atoms with E-state index in [0.717, 1.165) is 0 Å². The van der Waals surface area contributed by atoms with Gasteiger partial charge in [0.2, 0.25) is 11.6 Å². The molecule has 0 radical (unpaired) electrons. The maximum atomic E-state index is 13.5. The van der Waals surface area contributed by atoms with Gasteiger partial charge >= 0.3 is 6.09 Å². The highest BCUT2D eigenvalue weighted by Gasteiger charge is 2.75. The van der Waals surface area contributed by atoms with E-state index in [9.17, 15) is 14.4 Å². The molecule has 4 rings (SSSR count). The molecule has 0 aromatic carbocycles. The van der Waals surface area contributed by atoms with Gasteiger partial charge in [0.25, 0.3) is 0 Å². The van der Waals surface area contributed by atoms with Gasteiger partial charge in [0, 0.05) is 35.9 Å². The molecule has 3 aliphatic heterocycles. The van der Waals surface area contributed by atoms with Crippen LogP contribution in [-0.2, 0) is 19.1 Å².